The van der Waals surface area contributed by atoms with Crippen molar-refractivity contribution in [2.75, 3.05) is 5.73 Å². The first-order chi connectivity index (χ1) is 7.75. The van der Waals surface area contributed by atoms with Crippen molar-refractivity contribution in [3.63, 3.8) is 0 Å². The Balaban J connectivity index is 2.18. The second kappa shape index (κ2) is 3.51. The van der Waals surface area contributed by atoms with Gasteiger partial charge in [0.05, 0.1) is 11.2 Å². The minimum absolute atomic E-state index is 0.660. The van der Waals surface area contributed by atoms with Crippen molar-refractivity contribution in [2.45, 2.75) is 31.6 Å². The maximum atomic E-state index is 5.81. The molecular formula is C13H17N3. The van der Waals surface area contributed by atoms with Crippen LogP contribution in [0.3, 0.4) is 0 Å². The molecular weight excluding hydrogens is 198 g/mol. The van der Waals surface area contributed by atoms with Crippen LogP contribution >= 0.6 is 0 Å². The SMILES string of the molecule is Cn1nc(C2CCCC2)c2ccc(N)cc21. The van der Waals surface area contributed by atoms with E-state index in [4.69, 9.17) is 5.73 Å². The van der Waals surface area contributed by atoms with Gasteiger partial charge in [0.15, 0.2) is 0 Å². The molecule has 1 aliphatic carbocycles. The van der Waals surface area contributed by atoms with Crippen LogP contribution in [0.15, 0.2) is 18.2 Å². The lowest BCUT2D eigenvalue weighted by atomic mass is 10.0. The van der Waals surface area contributed by atoms with Crippen LogP contribution in [0.25, 0.3) is 10.9 Å². The zero-order valence-electron chi connectivity index (χ0n) is 9.61. The maximum Gasteiger partial charge on any atom is 0.0734 e. The molecule has 0 unspecified atom stereocenters. The van der Waals surface area contributed by atoms with E-state index in [0.29, 0.717) is 5.92 Å². The molecule has 0 spiro atoms. The van der Waals surface area contributed by atoms with Crippen molar-refractivity contribution in [3.8, 4) is 0 Å². The van der Waals surface area contributed by atoms with Crippen molar-refractivity contribution in [1.82, 2.24) is 9.78 Å². The van der Waals surface area contributed by atoms with Crippen molar-refractivity contribution < 1.29 is 0 Å². The van der Waals surface area contributed by atoms with Gasteiger partial charge >= 0.3 is 0 Å². The number of aromatic nitrogens is 2. The van der Waals surface area contributed by atoms with Crippen LogP contribution < -0.4 is 5.73 Å². The minimum Gasteiger partial charge on any atom is -0.399 e. The van der Waals surface area contributed by atoms with Crippen molar-refractivity contribution >= 4 is 16.6 Å². The van der Waals surface area contributed by atoms with E-state index < -0.39 is 0 Å². The van der Waals surface area contributed by atoms with Crippen LogP contribution in [0.4, 0.5) is 5.69 Å². The number of benzene rings is 1. The third-order valence-corrected chi connectivity index (χ3v) is 3.65. The summed E-state index contributed by atoms with van der Waals surface area (Å²) in [5, 5.41) is 5.96. The highest BCUT2D eigenvalue weighted by atomic mass is 15.3. The summed E-state index contributed by atoms with van der Waals surface area (Å²) in [6.45, 7) is 0. The number of nitrogen functional groups attached to an aromatic ring is 1. The second-order valence-electron chi connectivity index (χ2n) is 4.77. The molecule has 3 heteroatoms. The van der Waals surface area contributed by atoms with Gasteiger partial charge in [0, 0.05) is 24.0 Å². The van der Waals surface area contributed by atoms with E-state index in [-0.39, 0.29) is 0 Å². The quantitative estimate of drug-likeness (QED) is 0.743. The number of anilines is 1. The second-order valence-corrected chi connectivity index (χ2v) is 4.77. The fourth-order valence-electron chi connectivity index (χ4n) is 2.80. The lowest BCUT2D eigenvalue weighted by molar-refractivity contribution is 0.666. The van der Waals surface area contributed by atoms with E-state index in [1.807, 2.05) is 23.9 Å². The third-order valence-electron chi connectivity index (χ3n) is 3.65. The molecule has 84 valence electrons. The van der Waals surface area contributed by atoms with Gasteiger partial charge in [-0.2, -0.15) is 5.10 Å². The Kier molecular flexibility index (Phi) is 2.13. The number of rotatable bonds is 1. The Morgan fingerprint density at radius 2 is 2.06 bits per heavy atom. The van der Waals surface area contributed by atoms with Crippen LogP contribution in [0.2, 0.25) is 0 Å². The fourth-order valence-corrected chi connectivity index (χ4v) is 2.80. The molecule has 3 nitrogen and oxygen atoms in total. The van der Waals surface area contributed by atoms with Gasteiger partial charge in [-0.25, -0.2) is 0 Å². The molecule has 3 rings (SSSR count). The molecule has 0 atom stereocenters. The van der Waals surface area contributed by atoms with Gasteiger partial charge in [0.25, 0.3) is 0 Å². The molecule has 0 bridgehead atoms. The lowest BCUT2D eigenvalue weighted by Crippen LogP contribution is -1.96. The van der Waals surface area contributed by atoms with Gasteiger partial charge in [-0.05, 0) is 31.0 Å². The highest BCUT2D eigenvalue weighted by Crippen LogP contribution is 2.37. The Labute approximate surface area is 95.2 Å². The minimum atomic E-state index is 0.660. The molecule has 16 heavy (non-hydrogen) atoms. The molecule has 0 amide bonds. The first kappa shape index (κ1) is 9.70. The number of hydrogen-bond acceptors (Lipinski definition) is 2. The van der Waals surface area contributed by atoms with E-state index in [9.17, 15) is 0 Å². The van der Waals surface area contributed by atoms with E-state index in [2.05, 4.69) is 11.2 Å². The van der Waals surface area contributed by atoms with Crippen molar-refractivity contribution in [1.29, 1.82) is 0 Å². The van der Waals surface area contributed by atoms with Gasteiger partial charge in [-0.15, -0.1) is 0 Å². The number of nitrogens with zero attached hydrogens (tertiary/aromatic N) is 2. The monoisotopic (exact) mass is 215 g/mol. The van der Waals surface area contributed by atoms with Gasteiger partial charge in [0.2, 0.25) is 0 Å². The largest absolute Gasteiger partial charge is 0.399 e. The van der Waals surface area contributed by atoms with E-state index in [1.165, 1.54) is 36.8 Å². The summed E-state index contributed by atoms with van der Waals surface area (Å²) >= 11 is 0. The van der Waals surface area contributed by atoms with Crippen LogP contribution in [-0.2, 0) is 7.05 Å². The number of hydrogen-bond donors (Lipinski definition) is 1. The summed E-state index contributed by atoms with van der Waals surface area (Å²) in [7, 11) is 2.00. The standard InChI is InChI=1S/C13H17N3/c1-16-12-8-10(14)6-7-11(12)13(15-16)9-4-2-3-5-9/h6-9H,2-5,14H2,1H3. The molecule has 1 aromatic heterocycles. The Hall–Kier alpha value is -1.51. The molecule has 1 aliphatic rings. The maximum absolute atomic E-state index is 5.81. The lowest BCUT2D eigenvalue weighted by Gasteiger charge is -2.04. The van der Waals surface area contributed by atoms with E-state index >= 15 is 0 Å². The predicted octanol–water partition coefficient (Wildman–Crippen LogP) is 2.81. The zero-order valence-corrected chi connectivity index (χ0v) is 9.61. The molecule has 2 aromatic rings. The summed E-state index contributed by atoms with van der Waals surface area (Å²) in [6.07, 6.45) is 5.27. The highest BCUT2D eigenvalue weighted by Gasteiger charge is 2.22. The highest BCUT2D eigenvalue weighted by molar-refractivity contribution is 5.85. The molecule has 2 N–H and O–H groups in total. The number of aryl methyl sites for hydroxylation is 1. The van der Waals surface area contributed by atoms with Crippen LogP contribution in [-0.4, -0.2) is 9.78 Å². The van der Waals surface area contributed by atoms with Crippen LogP contribution in [0.5, 0.6) is 0 Å². The topological polar surface area (TPSA) is 43.8 Å². The fraction of sp³-hybridized carbons (Fsp3) is 0.462. The predicted molar refractivity (Wildman–Crippen MR) is 66.3 cm³/mol. The van der Waals surface area contributed by atoms with E-state index in [0.717, 1.165) is 11.2 Å². The van der Waals surface area contributed by atoms with Gasteiger partial charge in [-0.1, -0.05) is 12.8 Å². The van der Waals surface area contributed by atoms with Crippen LogP contribution in [0.1, 0.15) is 37.3 Å². The molecule has 1 saturated carbocycles. The zero-order chi connectivity index (χ0) is 11.1. The summed E-state index contributed by atoms with van der Waals surface area (Å²) in [4.78, 5) is 0. The molecule has 1 heterocycles. The first-order valence-electron chi connectivity index (χ1n) is 5.98. The first-order valence-corrected chi connectivity index (χ1v) is 5.98. The Morgan fingerprint density at radius 3 is 2.81 bits per heavy atom. The number of nitrogens with two attached hydrogens (primary N) is 1. The van der Waals surface area contributed by atoms with Gasteiger partial charge < -0.3 is 5.73 Å². The van der Waals surface area contributed by atoms with Crippen molar-refractivity contribution in [2.24, 2.45) is 7.05 Å². The number of fused-ring (bicyclic) bond motifs is 1. The Morgan fingerprint density at radius 1 is 1.31 bits per heavy atom. The summed E-state index contributed by atoms with van der Waals surface area (Å²) in [5.74, 6) is 0.660. The molecule has 0 radical (unpaired) electrons. The molecule has 0 saturated heterocycles. The average molecular weight is 215 g/mol. The molecule has 1 aromatic carbocycles. The summed E-state index contributed by atoms with van der Waals surface area (Å²) in [5.41, 5.74) is 9.06. The smallest absolute Gasteiger partial charge is 0.0734 e. The summed E-state index contributed by atoms with van der Waals surface area (Å²) in [6, 6.07) is 6.11. The van der Waals surface area contributed by atoms with Gasteiger partial charge in [-0.3, -0.25) is 4.68 Å². The Bertz CT molecular complexity index is 521. The van der Waals surface area contributed by atoms with E-state index in [1.54, 1.807) is 0 Å². The average Bonchev–Trinajstić information content (AvgIpc) is 2.87. The normalized spacial score (nSPS) is 17.3. The van der Waals surface area contributed by atoms with Crippen molar-refractivity contribution in [3.05, 3.63) is 23.9 Å². The summed E-state index contributed by atoms with van der Waals surface area (Å²) < 4.78 is 1.96. The van der Waals surface area contributed by atoms with Crippen LogP contribution in [0, 0.1) is 0 Å². The third kappa shape index (κ3) is 1.39. The van der Waals surface area contributed by atoms with Gasteiger partial charge in [0.1, 0.15) is 0 Å². The molecule has 1 fully saturated rings. The molecule has 0 aliphatic heterocycles.